The van der Waals surface area contributed by atoms with Crippen LogP contribution in [0, 0.1) is 10.1 Å². The number of aromatic carboxylic acids is 1. The maximum absolute atomic E-state index is 11.1. The van der Waals surface area contributed by atoms with Gasteiger partial charge >= 0.3 is 5.97 Å². The fraction of sp³-hybridized carbons (Fsp3) is 0. The van der Waals surface area contributed by atoms with Gasteiger partial charge in [0.1, 0.15) is 11.3 Å². The summed E-state index contributed by atoms with van der Waals surface area (Å²) in [7, 11) is 0. The van der Waals surface area contributed by atoms with E-state index in [9.17, 15) is 14.9 Å². The van der Waals surface area contributed by atoms with E-state index in [1.165, 1.54) is 6.07 Å². The quantitative estimate of drug-likeness (QED) is 0.455. The predicted octanol–water partition coefficient (Wildman–Crippen LogP) is 5.37. The number of nitro benzene ring substituents is 1. The van der Waals surface area contributed by atoms with Crippen molar-refractivity contribution in [3.8, 4) is 11.5 Å². The number of benzene rings is 2. The Morgan fingerprint density at radius 1 is 1.14 bits per heavy atom. The Kier molecular flexibility index (Phi) is 5.20. The Morgan fingerprint density at radius 3 is 2.23 bits per heavy atom. The van der Waals surface area contributed by atoms with Crippen LogP contribution < -0.4 is 4.74 Å². The third-order valence-corrected chi connectivity index (χ3v) is 4.21. The molecule has 0 amide bonds. The molecule has 9 heteroatoms. The van der Waals surface area contributed by atoms with Crippen LogP contribution in [-0.2, 0) is 0 Å². The van der Waals surface area contributed by atoms with Crippen LogP contribution in [0.15, 0.2) is 43.7 Å². The van der Waals surface area contributed by atoms with Gasteiger partial charge in [0.25, 0.3) is 5.69 Å². The molecule has 0 saturated heterocycles. The maximum atomic E-state index is 11.1. The van der Waals surface area contributed by atoms with Crippen molar-refractivity contribution in [2.45, 2.75) is 0 Å². The molecule has 0 radical (unpaired) electrons. The molecule has 2 aromatic carbocycles. The van der Waals surface area contributed by atoms with Crippen molar-refractivity contribution in [2.24, 2.45) is 0 Å². The molecule has 2 aromatic rings. The fourth-order valence-electron chi connectivity index (χ4n) is 1.65. The number of nitrogens with zero attached hydrogens (tertiary/aromatic N) is 1. The minimum Gasteiger partial charge on any atom is -0.477 e. The molecule has 114 valence electrons. The minimum absolute atomic E-state index is 0.173. The molecule has 6 nitrogen and oxygen atoms in total. The second-order valence-corrected chi connectivity index (χ2v) is 6.67. The van der Waals surface area contributed by atoms with Crippen LogP contribution in [0.3, 0.4) is 0 Å². The van der Waals surface area contributed by atoms with Crippen molar-refractivity contribution < 1.29 is 19.6 Å². The number of nitro groups is 1. The third kappa shape index (κ3) is 3.65. The van der Waals surface area contributed by atoms with Crippen LogP contribution in [0.2, 0.25) is 0 Å². The van der Waals surface area contributed by atoms with Crippen molar-refractivity contribution >= 4 is 59.4 Å². The minimum atomic E-state index is -1.40. The number of hydrogen-bond acceptors (Lipinski definition) is 4. The topological polar surface area (TPSA) is 89.7 Å². The Morgan fingerprint density at radius 2 is 1.73 bits per heavy atom. The van der Waals surface area contributed by atoms with E-state index in [0.717, 1.165) is 16.6 Å². The van der Waals surface area contributed by atoms with E-state index in [1.807, 2.05) is 0 Å². The summed E-state index contributed by atoms with van der Waals surface area (Å²) in [5.74, 6) is -0.800. The number of rotatable bonds is 4. The highest BCUT2D eigenvalue weighted by molar-refractivity contribution is 9.11. The zero-order chi connectivity index (χ0) is 16.4. The van der Waals surface area contributed by atoms with Gasteiger partial charge in [-0.25, -0.2) is 4.79 Å². The molecule has 0 fully saturated rings. The molecule has 0 aliphatic carbocycles. The number of carbonyl (C=O) groups is 1. The van der Waals surface area contributed by atoms with Gasteiger partial charge in [0.2, 0.25) is 0 Å². The highest BCUT2D eigenvalue weighted by Gasteiger charge is 2.21. The molecule has 0 spiro atoms. The summed E-state index contributed by atoms with van der Waals surface area (Å²) >= 11 is 9.98. The van der Waals surface area contributed by atoms with E-state index in [1.54, 1.807) is 12.1 Å². The Bertz CT molecular complexity index is 755. The van der Waals surface area contributed by atoms with Gasteiger partial charge in [0, 0.05) is 16.6 Å². The van der Waals surface area contributed by atoms with Gasteiger partial charge in [-0.3, -0.25) is 10.1 Å². The van der Waals surface area contributed by atoms with Gasteiger partial charge in [0.15, 0.2) is 5.75 Å². The molecule has 0 heterocycles. The lowest BCUT2D eigenvalue weighted by Gasteiger charge is -2.11. The summed E-state index contributed by atoms with van der Waals surface area (Å²) in [4.78, 5) is 21.2. The van der Waals surface area contributed by atoms with E-state index in [0.29, 0.717) is 14.7 Å². The van der Waals surface area contributed by atoms with Crippen molar-refractivity contribution in [3.05, 3.63) is 59.4 Å². The summed E-state index contributed by atoms with van der Waals surface area (Å²) in [6.07, 6.45) is 0. The number of carboxylic acid groups (broad SMARTS) is 1. The Labute approximate surface area is 149 Å². The highest BCUT2D eigenvalue weighted by atomic mass is 79.9. The first-order valence-corrected chi connectivity index (χ1v) is 8.01. The van der Waals surface area contributed by atoms with E-state index in [4.69, 9.17) is 9.84 Å². The number of ether oxygens (including phenoxy) is 1. The van der Waals surface area contributed by atoms with Gasteiger partial charge in [0.05, 0.1) is 13.9 Å². The Balaban J connectivity index is 2.45. The van der Waals surface area contributed by atoms with Crippen LogP contribution in [0.25, 0.3) is 0 Å². The summed E-state index contributed by atoms with van der Waals surface area (Å²) in [6.45, 7) is 0. The number of halogens is 3. The summed E-state index contributed by atoms with van der Waals surface area (Å²) in [5, 5.41) is 19.9. The molecule has 0 aliphatic heterocycles. The average molecular weight is 496 g/mol. The number of hydrogen-bond donors (Lipinski definition) is 1. The maximum Gasteiger partial charge on any atom is 0.342 e. The van der Waals surface area contributed by atoms with Crippen molar-refractivity contribution in [3.63, 3.8) is 0 Å². The van der Waals surface area contributed by atoms with Crippen LogP contribution in [-0.4, -0.2) is 16.0 Å². The predicted molar refractivity (Wildman–Crippen MR) is 89.7 cm³/mol. The lowest BCUT2D eigenvalue weighted by atomic mass is 10.1. The van der Waals surface area contributed by atoms with Crippen LogP contribution in [0.4, 0.5) is 5.69 Å². The standard InChI is InChI=1S/C13H6Br3NO5/c14-6-3-9(15)12(10(16)4-6)22-7-1-2-11(17(20)21)8(5-7)13(18)19/h1-5H,(H,18,19). The highest BCUT2D eigenvalue weighted by Crippen LogP contribution is 2.39. The van der Waals surface area contributed by atoms with Crippen molar-refractivity contribution in [1.82, 2.24) is 0 Å². The summed E-state index contributed by atoms with van der Waals surface area (Å²) in [5.41, 5.74) is -0.930. The van der Waals surface area contributed by atoms with E-state index in [-0.39, 0.29) is 5.75 Å². The number of carboxylic acids is 1. The molecule has 0 atom stereocenters. The molecule has 0 saturated carbocycles. The zero-order valence-electron chi connectivity index (χ0n) is 10.5. The Hall–Kier alpha value is -1.45. The van der Waals surface area contributed by atoms with Crippen LogP contribution in [0.1, 0.15) is 10.4 Å². The SMILES string of the molecule is O=C(O)c1cc(Oc2c(Br)cc(Br)cc2Br)ccc1[N+](=O)[O-]. The first-order valence-electron chi connectivity index (χ1n) is 5.63. The molecule has 0 aromatic heterocycles. The van der Waals surface area contributed by atoms with Crippen molar-refractivity contribution in [2.75, 3.05) is 0 Å². The molecule has 22 heavy (non-hydrogen) atoms. The lowest BCUT2D eigenvalue weighted by Crippen LogP contribution is -2.03. The van der Waals surface area contributed by atoms with Crippen LogP contribution in [0.5, 0.6) is 11.5 Å². The molecule has 0 unspecified atom stereocenters. The second kappa shape index (κ2) is 6.76. The molecular weight excluding hydrogens is 490 g/mol. The smallest absolute Gasteiger partial charge is 0.342 e. The first-order chi connectivity index (χ1) is 10.3. The second-order valence-electron chi connectivity index (χ2n) is 4.04. The molecule has 0 bridgehead atoms. The molecule has 0 aliphatic rings. The molecule has 2 rings (SSSR count). The van der Waals surface area contributed by atoms with Gasteiger partial charge in [-0.15, -0.1) is 0 Å². The van der Waals surface area contributed by atoms with Gasteiger partial charge in [-0.1, -0.05) is 15.9 Å². The summed E-state index contributed by atoms with van der Waals surface area (Å²) < 4.78 is 7.69. The van der Waals surface area contributed by atoms with Gasteiger partial charge < -0.3 is 9.84 Å². The van der Waals surface area contributed by atoms with E-state index >= 15 is 0 Å². The zero-order valence-corrected chi connectivity index (χ0v) is 15.3. The average Bonchev–Trinajstić information content (AvgIpc) is 2.42. The monoisotopic (exact) mass is 493 g/mol. The van der Waals surface area contributed by atoms with Gasteiger partial charge in [-0.2, -0.15) is 0 Å². The lowest BCUT2D eigenvalue weighted by molar-refractivity contribution is -0.385. The molecular formula is C13H6Br3NO5. The normalized spacial score (nSPS) is 10.3. The third-order valence-electron chi connectivity index (χ3n) is 2.58. The molecule has 1 N–H and O–H groups in total. The summed E-state index contributed by atoms with van der Waals surface area (Å²) in [6, 6.07) is 7.06. The van der Waals surface area contributed by atoms with E-state index < -0.39 is 22.1 Å². The van der Waals surface area contributed by atoms with Gasteiger partial charge in [-0.05, 0) is 50.1 Å². The largest absolute Gasteiger partial charge is 0.477 e. The van der Waals surface area contributed by atoms with E-state index in [2.05, 4.69) is 47.8 Å². The van der Waals surface area contributed by atoms with Crippen LogP contribution >= 0.6 is 47.8 Å². The fourth-order valence-corrected chi connectivity index (χ4v) is 4.07. The first kappa shape index (κ1) is 16.9. The van der Waals surface area contributed by atoms with Crippen molar-refractivity contribution in [1.29, 1.82) is 0 Å².